The Labute approximate surface area is 159 Å². The number of hydrogen-bond donors (Lipinski definition) is 1. The van der Waals surface area contributed by atoms with Crippen molar-refractivity contribution in [2.24, 2.45) is 0 Å². The Morgan fingerprint density at radius 3 is 2.52 bits per heavy atom. The van der Waals surface area contributed by atoms with Crippen LogP contribution in [0.5, 0.6) is 0 Å². The average molecular weight is 360 g/mol. The van der Waals surface area contributed by atoms with Crippen LogP contribution in [-0.2, 0) is 0 Å². The van der Waals surface area contributed by atoms with Crippen LogP contribution in [0.2, 0.25) is 0 Å². The van der Waals surface area contributed by atoms with Gasteiger partial charge in [0.25, 0.3) is 5.91 Å². The number of aromatic nitrogens is 2. The summed E-state index contributed by atoms with van der Waals surface area (Å²) in [6, 6.07) is 18.0. The average Bonchev–Trinajstić information content (AvgIpc) is 3.15. The molecule has 1 aliphatic heterocycles. The monoisotopic (exact) mass is 360 g/mol. The van der Waals surface area contributed by atoms with Crippen molar-refractivity contribution in [3.8, 4) is 16.9 Å². The highest BCUT2D eigenvalue weighted by molar-refractivity contribution is 5.99. The Kier molecular flexibility index (Phi) is 5.03. The third kappa shape index (κ3) is 3.93. The van der Waals surface area contributed by atoms with Crippen LogP contribution >= 0.6 is 0 Å². The maximum atomic E-state index is 13.0. The molecule has 1 fully saturated rings. The van der Waals surface area contributed by atoms with E-state index in [2.05, 4.69) is 11.5 Å². The minimum absolute atomic E-state index is 0.101. The summed E-state index contributed by atoms with van der Waals surface area (Å²) < 4.78 is 1.78. The lowest BCUT2D eigenvalue weighted by Gasteiger charge is -2.26. The largest absolute Gasteiger partial charge is 0.285 e. The van der Waals surface area contributed by atoms with Crippen LogP contribution in [0.1, 0.15) is 35.2 Å². The number of nitrogens with zero attached hydrogens (tertiary/aromatic N) is 3. The Balaban J connectivity index is 1.71. The molecule has 0 saturated carbocycles. The molecule has 1 amide bonds. The lowest BCUT2D eigenvalue weighted by Crippen LogP contribution is -2.45. The lowest BCUT2D eigenvalue weighted by molar-refractivity contribution is 0.0750. The molecule has 5 nitrogen and oxygen atoms in total. The Hall–Kier alpha value is -2.92. The number of para-hydroxylation sites is 1. The molecular weight excluding hydrogens is 336 g/mol. The van der Waals surface area contributed by atoms with E-state index in [1.54, 1.807) is 4.68 Å². The molecule has 138 valence electrons. The number of hydrazine groups is 1. The number of hydrogen-bond acceptors (Lipinski definition) is 3. The van der Waals surface area contributed by atoms with E-state index in [1.165, 1.54) is 6.42 Å². The van der Waals surface area contributed by atoms with E-state index in [4.69, 9.17) is 5.10 Å². The standard InChI is InChI=1S/C22H24N4O/c1-17-9-8-10-18(15-17)21-20(22(27)24-25-13-6-3-7-14-25)16-26(23-21)19-11-4-2-5-12-19/h2,4-5,8-12,15-16H,3,6-7,13-14H2,1H3,(H,24,27). The zero-order valence-electron chi connectivity index (χ0n) is 15.6. The maximum absolute atomic E-state index is 13.0. The number of nitrogens with one attached hydrogen (secondary N) is 1. The van der Waals surface area contributed by atoms with Gasteiger partial charge in [0.15, 0.2) is 0 Å². The molecule has 1 N–H and O–H groups in total. The van der Waals surface area contributed by atoms with Crippen molar-refractivity contribution in [2.45, 2.75) is 26.2 Å². The Morgan fingerprint density at radius 1 is 1.00 bits per heavy atom. The van der Waals surface area contributed by atoms with E-state index in [9.17, 15) is 4.79 Å². The zero-order chi connectivity index (χ0) is 18.6. The van der Waals surface area contributed by atoms with Crippen LogP contribution in [0.25, 0.3) is 16.9 Å². The van der Waals surface area contributed by atoms with Gasteiger partial charge in [-0.15, -0.1) is 0 Å². The molecule has 0 radical (unpaired) electrons. The second-order valence-electron chi connectivity index (χ2n) is 7.03. The molecule has 0 unspecified atom stereocenters. The van der Waals surface area contributed by atoms with Crippen LogP contribution in [0.15, 0.2) is 60.8 Å². The van der Waals surface area contributed by atoms with Crippen LogP contribution in [0.4, 0.5) is 0 Å². The number of rotatable bonds is 4. The summed E-state index contributed by atoms with van der Waals surface area (Å²) in [7, 11) is 0. The number of carbonyl (C=O) groups excluding carboxylic acids is 1. The van der Waals surface area contributed by atoms with Gasteiger partial charge in [0.2, 0.25) is 0 Å². The van der Waals surface area contributed by atoms with Crippen LogP contribution < -0.4 is 5.43 Å². The summed E-state index contributed by atoms with van der Waals surface area (Å²) in [5.41, 5.74) is 7.39. The number of aryl methyl sites for hydroxylation is 1. The van der Waals surface area contributed by atoms with Gasteiger partial charge in [-0.2, -0.15) is 5.10 Å². The highest BCUT2D eigenvalue weighted by Gasteiger charge is 2.21. The van der Waals surface area contributed by atoms with Gasteiger partial charge >= 0.3 is 0 Å². The predicted molar refractivity (Wildman–Crippen MR) is 107 cm³/mol. The van der Waals surface area contributed by atoms with Crippen molar-refractivity contribution in [1.29, 1.82) is 0 Å². The molecule has 2 aromatic carbocycles. The third-order valence-corrected chi connectivity index (χ3v) is 4.89. The number of amides is 1. The van der Waals surface area contributed by atoms with E-state index in [1.807, 2.05) is 66.7 Å². The number of carbonyl (C=O) groups is 1. The fourth-order valence-corrected chi connectivity index (χ4v) is 3.47. The first-order chi connectivity index (χ1) is 13.2. The Morgan fingerprint density at radius 2 is 1.78 bits per heavy atom. The maximum Gasteiger partial charge on any atom is 0.269 e. The fourth-order valence-electron chi connectivity index (χ4n) is 3.47. The van der Waals surface area contributed by atoms with Crippen molar-refractivity contribution >= 4 is 5.91 Å². The predicted octanol–water partition coefficient (Wildman–Crippen LogP) is 3.98. The van der Waals surface area contributed by atoms with Crippen molar-refractivity contribution in [3.63, 3.8) is 0 Å². The van der Waals surface area contributed by atoms with Crippen LogP contribution in [0.3, 0.4) is 0 Å². The summed E-state index contributed by atoms with van der Waals surface area (Å²) in [5, 5.41) is 6.76. The molecule has 27 heavy (non-hydrogen) atoms. The lowest BCUT2D eigenvalue weighted by atomic mass is 10.1. The van der Waals surface area contributed by atoms with Crippen molar-refractivity contribution in [3.05, 3.63) is 71.9 Å². The third-order valence-electron chi connectivity index (χ3n) is 4.89. The van der Waals surface area contributed by atoms with Crippen molar-refractivity contribution in [2.75, 3.05) is 13.1 Å². The normalized spacial score (nSPS) is 14.9. The summed E-state index contributed by atoms with van der Waals surface area (Å²) >= 11 is 0. The van der Waals surface area contributed by atoms with Gasteiger partial charge in [0.05, 0.1) is 11.3 Å². The zero-order valence-corrected chi connectivity index (χ0v) is 15.6. The van der Waals surface area contributed by atoms with Crippen LogP contribution in [0, 0.1) is 6.92 Å². The highest BCUT2D eigenvalue weighted by Crippen LogP contribution is 2.25. The minimum Gasteiger partial charge on any atom is -0.285 e. The molecule has 0 atom stereocenters. The molecule has 5 heteroatoms. The van der Waals surface area contributed by atoms with E-state index in [0.717, 1.165) is 42.7 Å². The minimum atomic E-state index is -0.101. The quantitative estimate of drug-likeness (QED) is 0.766. The van der Waals surface area contributed by atoms with E-state index in [-0.39, 0.29) is 5.91 Å². The molecule has 0 spiro atoms. The molecule has 1 saturated heterocycles. The molecule has 2 heterocycles. The van der Waals surface area contributed by atoms with Gasteiger partial charge < -0.3 is 0 Å². The summed E-state index contributed by atoms with van der Waals surface area (Å²) in [4.78, 5) is 13.0. The van der Waals surface area contributed by atoms with Gasteiger partial charge in [-0.3, -0.25) is 10.2 Å². The number of piperidine rings is 1. The first-order valence-corrected chi connectivity index (χ1v) is 9.49. The topological polar surface area (TPSA) is 50.2 Å². The Bertz CT molecular complexity index is 926. The highest BCUT2D eigenvalue weighted by atomic mass is 16.2. The molecule has 4 rings (SSSR count). The van der Waals surface area contributed by atoms with Crippen molar-refractivity contribution in [1.82, 2.24) is 20.2 Å². The smallest absolute Gasteiger partial charge is 0.269 e. The first-order valence-electron chi connectivity index (χ1n) is 9.49. The summed E-state index contributed by atoms with van der Waals surface area (Å²) in [6.45, 7) is 3.85. The van der Waals surface area contributed by atoms with Crippen LogP contribution in [-0.4, -0.2) is 33.8 Å². The summed E-state index contributed by atoms with van der Waals surface area (Å²) in [6.07, 6.45) is 5.29. The van der Waals surface area contributed by atoms with Gasteiger partial charge in [0, 0.05) is 24.8 Å². The van der Waals surface area contributed by atoms with Gasteiger partial charge in [0.1, 0.15) is 5.69 Å². The molecule has 3 aromatic rings. The molecular formula is C22H24N4O. The van der Waals surface area contributed by atoms with Crippen molar-refractivity contribution < 1.29 is 4.79 Å². The SMILES string of the molecule is Cc1cccc(-c2nn(-c3ccccc3)cc2C(=O)NN2CCCCC2)c1. The van der Waals surface area contributed by atoms with Gasteiger partial charge in [-0.25, -0.2) is 9.69 Å². The van der Waals surface area contributed by atoms with E-state index >= 15 is 0 Å². The second-order valence-corrected chi connectivity index (χ2v) is 7.03. The molecule has 1 aliphatic rings. The molecule has 0 bridgehead atoms. The second kappa shape index (κ2) is 7.76. The van der Waals surface area contributed by atoms with E-state index < -0.39 is 0 Å². The van der Waals surface area contributed by atoms with E-state index in [0.29, 0.717) is 11.3 Å². The van der Waals surface area contributed by atoms with Gasteiger partial charge in [-0.05, 0) is 38.0 Å². The molecule has 0 aliphatic carbocycles. The van der Waals surface area contributed by atoms with Gasteiger partial charge in [-0.1, -0.05) is 48.4 Å². The summed E-state index contributed by atoms with van der Waals surface area (Å²) in [5.74, 6) is -0.101. The molecule has 1 aromatic heterocycles. The first kappa shape index (κ1) is 17.5. The fraction of sp³-hybridized carbons (Fsp3) is 0.273. The number of benzene rings is 2.